The largest absolute Gasteiger partial charge is 0.365 e. The molecule has 2 aromatic carbocycles. The highest BCUT2D eigenvalue weighted by Gasteiger charge is 2.21. The Morgan fingerprint density at radius 1 is 0.698 bits per heavy atom. The summed E-state index contributed by atoms with van der Waals surface area (Å²) in [7, 11) is 0. The molecule has 0 atom stereocenters. The van der Waals surface area contributed by atoms with E-state index in [4.69, 9.17) is 11.6 Å². The second kappa shape index (κ2) is 16.7. The van der Waals surface area contributed by atoms with Crippen molar-refractivity contribution >= 4 is 23.2 Å². The van der Waals surface area contributed by atoms with Gasteiger partial charge in [-0.15, -0.1) is 0 Å². The van der Waals surface area contributed by atoms with Crippen molar-refractivity contribution in [3.05, 3.63) is 112 Å². The van der Waals surface area contributed by atoms with Crippen LogP contribution in [0.4, 0.5) is 11.6 Å². The van der Waals surface area contributed by atoms with Crippen molar-refractivity contribution in [2.75, 3.05) is 36.8 Å². The molecule has 0 bridgehead atoms. The van der Waals surface area contributed by atoms with E-state index in [1.165, 1.54) is 11.1 Å². The fourth-order valence-corrected chi connectivity index (χ4v) is 5.57. The van der Waals surface area contributed by atoms with Crippen LogP contribution in [-0.4, -0.2) is 68.0 Å². The van der Waals surface area contributed by atoms with E-state index in [1.54, 1.807) is 24.8 Å². The molecule has 9 nitrogen and oxygen atoms in total. The van der Waals surface area contributed by atoms with Gasteiger partial charge in [0.25, 0.3) is 5.56 Å². The summed E-state index contributed by atoms with van der Waals surface area (Å²) < 4.78 is 0. The SMILES string of the molecule is C.Clc1nccnc1NC1CCN(Cc2ccccc2)CC1.O=c1[nH]ccnc1NC1CCN(Cc2ccccc2)CC1. The summed E-state index contributed by atoms with van der Waals surface area (Å²) in [6.45, 7) is 6.28. The predicted octanol–water partition coefficient (Wildman–Crippen LogP) is 5.69. The molecule has 4 heterocycles. The molecular weight excluding hydrogens is 560 g/mol. The summed E-state index contributed by atoms with van der Waals surface area (Å²) in [5, 5.41) is 7.10. The Morgan fingerprint density at radius 2 is 1.16 bits per heavy atom. The highest BCUT2D eigenvalue weighted by Crippen LogP contribution is 2.21. The molecule has 2 fully saturated rings. The predicted molar refractivity (Wildman–Crippen MR) is 175 cm³/mol. The summed E-state index contributed by atoms with van der Waals surface area (Å²) in [6.07, 6.45) is 10.7. The van der Waals surface area contributed by atoms with Gasteiger partial charge in [0.05, 0.1) is 0 Å². The van der Waals surface area contributed by atoms with E-state index in [0.717, 1.165) is 65.0 Å². The van der Waals surface area contributed by atoms with Gasteiger partial charge in [-0.25, -0.2) is 15.0 Å². The zero-order chi connectivity index (χ0) is 29.0. The fourth-order valence-electron chi connectivity index (χ4n) is 5.41. The van der Waals surface area contributed by atoms with Crippen molar-refractivity contribution in [3.63, 3.8) is 0 Å². The van der Waals surface area contributed by atoms with E-state index in [1.807, 2.05) is 6.07 Å². The first kappa shape index (κ1) is 32.1. The van der Waals surface area contributed by atoms with Gasteiger partial charge in [0.1, 0.15) is 0 Å². The number of rotatable bonds is 8. The molecule has 2 aliphatic heterocycles. The molecule has 0 radical (unpaired) electrons. The Kier molecular flexibility index (Phi) is 12.5. The lowest BCUT2D eigenvalue weighted by atomic mass is 10.0. The summed E-state index contributed by atoms with van der Waals surface area (Å²) in [4.78, 5) is 31.6. The van der Waals surface area contributed by atoms with E-state index in [-0.39, 0.29) is 13.0 Å². The molecule has 0 unspecified atom stereocenters. The molecule has 2 saturated heterocycles. The molecule has 228 valence electrons. The number of piperidine rings is 2. The molecule has 3 N–H and O–H groups in total. The van der Waals surface area contributed by atoms with E-state index in [2.05, 4.69) is 95.0 Å². The zero-order valence-electron chi connectivity index (χ0n) is 23.8. The Bertz CT molecular complexity index is 1410. The van der Waals surface area contributed by atoms with Crippen LogP contribution in [0.1, 0.15) is 44.2 Å². The number of anilines is 2. The van der Waals surface area contributed by atoms with Crippen molar-refractivity contribution in [1.29, 1.82) is 0 Å². The van der Waals surface area contributed by atoms with Crippen LogP contribution in [0, 0.1) is 0 Å². The molecule has 2 aliphatic rings. The normalized spacial score (nSPS) is 16.4. The van der Waals surface area contributed by atoms with Crippen LogP contribution in [0.5, 0.6) is 0 Å². The van der Waals surface area contributed by atoms with Gasteiger partial charge in [-0.2, -0.15) is 0 Å². The quantitative estimate of drug-likeness (QED) is 0.236. The molecule has 43 heavy (non-hydrogen) atoms. The minimum absolute atomic E-state index is 0. The van der Waals surface area contributed by atoms with Gasteiger partial charge >= 0.3 is 0 Å². The lowest BCUT2D eigenvalue weighted by Gasteiger charge is -2.32. The van der Waals surface area contributed by atoms with Crippen LogP contribution in [-0.2, 0) is 13.1 Å². The number of nitrogens with one attached hydrogen (secondary N) is 3. The molecule has 0 saturated carbocycles. The van der Waals surface area contributed by atoms with Crippen molar-refractivity contribution in [1.82, 2.24) is 29.7 Å². The first-order valence-electron chi connectivity index (χ1n) is 14.7. The first-order valence-corrected chi connectivity index (χ1v) is 15.1. The Morgan fingerprint density at radius 3 is 1.65 bits per heavy atom. The van der Waals surface area contributed by atoms with Crippen LogP contribution in [0.15, 0.2) is 90.2 Å². The average Bonchev–Trinajstić information content (AvgIpc) is 3.03. The topological polar surface area (TPSA) is 102 Å². The van der Waals surface area contributed by atoms with Crippen molar-refractivity contribution in [2.45, 2.75) is 58.3 Å². The number of hydrogen-bond acceptors (Lipinski definition) is 8. The number of hydrogen-bond donors (Lipinski definition) is 3. The zero-order valence-corrected chi connectivity index (χ0v) is 24.6. The van der Waals surface area contributed by atoms with Crippen molar-refractivity contribution < 1.29 is 0 Å². The standard InChI is InChI=1S/C16H19ClN4.C16H20N4O.CH4/c17-15-16(19-9-8-18-15)20-14-6-10-21(11-7-14)12-13-4-2-1-3-5-13;21-16-15(17-8-9-18-16)19-14-6-10-20(11-7-14)12-13-4-2-1-3-5-13;/h1-5,8-9,14H,6-7,10-12H2,(H,19,20);1-5,8-9,14H,6-7,10-12H2,(H,17,19)(H,18,21);1H4. The molecule has 0 amide bonds. The molecule has 0 spiro atoms. The Labute approximate surface area is 259 Å². The minimum atomic E-state index is -0.149. The monoisotopic (exact) mass is 602 g/mol. The number of benzene rings is 2. The number of halogens is 1. The van der Waals surface area contributed by atoms with Crippen LogP contribution < -0.4 is 16.2 Å². The third-order valence-corrected chi connectivity index (χ3v) is 7.99. The van der Waals surface area contributed by atoms with E-state index in [9.17, 15) is 4.79 Å². The molecule has 0 aliphatic carbocycles. The molecule has 2 aromatic heterocycles. The summed E-state index contributed by atoms with van der Waals surface area (Å²) in [5.74, 6) is 1.12. The maximum Gasteiger partial charge on any atom is 0.290 e. The maximum atomic E-state index is 11.6. The van der Waals surface area contributed by atoms with Gasteiger partial charge in [0.15, 0.2) is 16.8 Å². The molecule has 4 aromatic rings. The first-order chi connectivity index (χ1) is 20.6. The van der Waals surface area contributed by atoms with Crippen LogP contribution in [0.2, 0.25) is 5.15 Å². The van der Waals surface area contributed by atoms with Crippen LogP contribution >= 0.6 is 11.6 Å². The number of aromatic nitrogens is 4. The van der Waals surface area contributed by atoms with E-state index < -0.39 is 0 Å². The third kappa shape index (κ3) is 10.2. The summed E-state index contributed by atoms with van der Waals surface area (Å²) in [5.41, 5.74) is 2.58. The lowest BCUT2D eigenvalue weighted by Crippen LogP contribution is -2.39. The van der Waals surface area contributed by atoms with Gasteiger partial charge in [0, 0.05) is 76.1 Å². The Balaban J connectivity index is 0.000000192. The summed E-state index contributed by atoms with van der Waals surface area (Å²) >= 11 is 6.03. The smallest absolute Gasteiger partial charge is 0.290 e. The molecule has 6 rings (SSSR count). The highest BCUT2D eigenvalue weighted by molar-refractivity contribution is 6.31. The maximum absolute atomic E-state index is 11.6. The Hall–Kier alpha value is -3.79. The summed E-state index contributed by atoms with van der Waals surface area (Å²) in [6, 6.07) is 21.9. The van der Waals surface area contributed by atoms with E-state index >= 15 is 0 Å². The third-order valence-electron chi connectivity index (χ3n) is 7.72. The second-order valence-electron chi connectivity index (χ2n) is 10.8. The number of nitrogens with zero attached hydrogens (tertiary/aromatic N) is 5. The second-order valence-corrected chi connectivity index (χ2v) is 11.2. The number of aromatic amines is 1. The number of likely N-dealkylation sites (tertiary alicyclic amines) is 2. The van der Waals surface area contributed by atoms with Gasteiger partial charge in [0.2, 0.25) is 0 Å². The minimum Gasteiger partial charge on any atom is -0.365 e. The van der Waals surface area contributed by atoms with Gasteiger partial charge in [-0.05, 0) is 36.8 Å². The highest BCUT2D eigenvalue weighted by atomic mass is 35.5. The van der Waals surface area contributed by atoms with Gasteiger partial charge < -0.3 is 15.6 Å². The van der Waals surface area contributed by atoms with Crippen LogP contribution in [0.3, 0.4) is 0 Å². The van der Waals surface area contributed by atoms with E-state index in [0.29, 0.717) is 28.9 Å². The molecule has 10 heteroatoms. The van der Waals surface area contributed by atoms with Crippen molar-refractivity contribution in [3.8, 4) is 0 Å². The fraction of sp³-hybridized carbons (Fsp3) is 0.394. The number of H-pyrrole nitrogens is 1. The average molecular weight is 603 g/mol. The van der Waals surface area contributed by atoms with Crippen molar-refractivity contribution in [2.24, 2.45) is 0 Å². The van der Waals surface area contributed by atoms with Crippen LogP contribution in [0.25, 0.3) is 0 Å². The van der Waals surface area contributed by atoms with Gasteiger partial charge in [-0.1, -0.05) is 79.7 Å². The molecular formula is C33H43ClN8O. The van der Waals surface area contributed by atoms with Gasteiger partial charge in [-0.3, -0.25) is 14.6 Å². The lowest BCUT2D eigenvalue weighted by molar-refractivity contribution is 0.211.